The summed E-state index contributed by atoms with van der Waals surface area (Å²) in [6.45, 7) is 6.74. The Bertz CT molecular complexity index is 875. The van der Waals surface area contributed by atoms with E-state index < -0.39 is 0 Å². The lowest BCUT2D eigenvalue weighted by molar-refractivity contribution is -0.111. The molecule has 0 aromatic heterocycles. The lowest BCUT2D eigenvalue weighted by atomic mass is 10.1. The van der Waals surface area contributed by atoms with Crippen LogP contribution < -0.4 is 20.1 Å². The second kappa shape index (κ2) is 10.2. The first-order chi connectivity index (χ1) is 13.5. The van der Waals surface area contributed by atoms with Crippen molar-refractivity contribution >= 4 is 23.6 Å². The Morgan fingerprint density at radius 2 is 1.71 bits per heavy atom. The number of hydrogen-bond acceptors (Lipinski definition) is 4. The maximum Gasteiger partial charge on any atom is 0.251 e. The average molecular weight is 382 g/mol. The van der Waals surface area contributed by atoms with Crippen molar-refractivity contribution in [3.63, 3.8) is 0 Å². The number of benzene rings is 2. The summed E-state index contributed by atoms with van der Waals surface area (Å²) in [5, 5.41) is 5.40. The van der Waals surface area contributed by atoms with E-state index in [1.807, 2.05) is 39.0 Å². The molecule has 2 N–H and O–H groups in total. The van der Waals surface area contributed by atoms with Gasteiger partial charge in [0.25, 0.3) is 5.91 Å². The fourth-order valence-corrected chi connectivity index (χ4v) is 2.61. The molecule has 0 aliphatic carbocycles. The summed E-state index contributed by atoms with van der Waals surface area (Å²) in [5.41, 5.74) is 2.84. The second-order valence-corrected chi connectivity index (χ2v) is 6.00. The maximum atomic E-state index is 12.3. The molecule has 2 amide bonds. The molecule has 28 heavy (non-hydrogen) atoms. The Morgan fingerprint density at radius 1 is 1.00 bits per heavy atom. The predicted molar refractivity (Wildman–Crippen MR) is 111 cm³/mol. The number of amides is 2. The molecule has 0 aliphatic heterocycles. The molecule has 0 unspecified atom stereocenters. The van der Waals surface area contributed by atoms with Gasteiger partial charge >= 0.3 is 0 Å². The van der Waals surface area contributed by atoms with Gasteiger partial charge in [-0.25, -0.2) is 0 Å². The molecule has 2 aromatic rings. The van der Waals surface area contributed by atoms with Gasteiger partial charge in [0.15, 0.2) is 11.5 Å². The highest BCUT2D eigenvalue weighted by molar-refractivity contribution is 6.03. The number of rotatable bonds is 8. The van der Waals surface area contributed by atoms with Crippen LogP contribution in [-0.4, -0.2) is 32.1 Å². The summed E-state index contributed by atoms with van der Waals surface area (Å²) in [7, 11) is 1.58. The molecule has 148 valence electrons. The molecular weight excluding hydrogens is 356 g/mol. The van der Waals surface area contributed by atoms with Crippen LogP contribution in [0.4, 0.5) is 5.69 Å². The molecular formula is C22H26N2O4. The van der Waals surface area contributed by atoms with Crippen molar-refractivity contribution in [1.82, 2.24) is 5.32 Å². The summed E-state index contributed by atoms with van der Waals surface area (Å²) in [6, 6.07) is 10.6. The average Bonchev–Trinajstić information content (AvgIpc) is 2.69. The number of ether oxygens (including phenoxy) is 2. The Hall–Kier alpha value is -3.28. The Morgan fingerprint density at radius 3 is 2.36 bits per heavy atom. The van der Waals surface area contributed by atoms with Crippen molar-refractivity contribution in [3.05, 3.63) is 59.2 Å². The quantitative estimate of drug-likeness (QED) is 0.681. The molecule has 0 atom stereocenters. The van der Waals surface area contributed by atoms with Crippen LogP contribution in [0.1, 0.15) is 35.3 Å². The van der Waals surface area contributed by atoms with Gasteiger partial charge in [-0.1, -0.05) is 6.07 Å². The highest BCUT2D eigenvalue weighted by Crippen LogP contribution is 2.29. The fraction of sp³-hybridized carbons (Fsp3) is 0.273. The van der Waals surface area contributed by atoms with Gasteiger partial charge in [-0.05, 0) is 68.3 Å². The third-order valence-corrected chi connectivity index (χ3v) is 3.97. The maximum absolute atomic E-state index is 12.3. The van der Waals surface area contributed by atoms with Crippen molar-refractivity contribution in [3.8, 4) is 11.5 Å². The van der Waals surface area contributed by atoms with Crippen LogP contribution in [0.25, 0.3) is 6.08 Å². The van der Waals surface area contributed by atoms with E-state index in [9.17, 15) is 9.59 Å². The van der Waals surface area contributed by atoms with Crippen LogP contribution >= 0.6 is 0 Å². The van der Waals surface area contributed by atoms with E-state index >= 15 is 0 Å². The van der Waals surface area contributed by atoms with Gasteiger partial charge in [0, 0.05) is 24.4 Å². The summed E-state index contributed by atoms with van der Waals surface area (Å²) in [5.74, 6) is 0.898. The molecule has 2 rings (SSSR count). The second-order valence-electron chi connectivity index (χ2n) is 6.00. The Balaban J connectivity index is 2.09. The molecule has 0 bridgehead atoms. The highest BCUT2D eigenvalue weighted by Gasteiger charge is 2.08. The molecule has 0 saturated carbocycles. The van der Waals surface area contributed by atoms with Crippen molar-refractivity contribution in [1.29, 1.82) is 0 Å². The molecule has 6 nitrogen and oxygen atoms in total. The first-order valence-corrected chi connectivity index (χ1v) is 9.19. The number of nitrogens with one attached hydrogen (secondary N) is 2. The standard InChI is InChI=1S/C22H26N2O4/c1-5-27-19-11-7-16(14-20(19)28-6-2)8-12-21(25)24-18-10-9-17(13-15(18)3)22(26)23-4/h7-14H,5-6H2,1-4H3,(H,23,26)(H,24,25)/b12-8+. The number of hydrogen-bond donors (Lipinski definition) is 2. The fourth-order valence-electron chi connectivity index (χ4n) is 2.61. The number of carbonyl (C=O) groups is 2. The monoisotopic (exact) mass is 382 g/mol. The van der Waals surface area contributed by atoms with E-state index in [1.54, 1.807) is 31.3 Å². The summed E-state index contributed by atoms with van der Waals surface area (Å²) < 4.78 is 11.1. The summed E-state index contributed by atoms with van der Waals surface area (Å²) in [6.07, 6.45) is 3.17. The van der Waals surface area contributed by atoms with Crippen LogP contribution in [0.2, 0.25) is 0 Å². The lowest BCUT2D eigenvalue weighted by Crippen LogP contribution is -2.18. The molecule has 2 aromatic carbocycles. The first-order valence-electron chi connectivity index (χ1n) is 9.19. The Kier molecular flexibility index (Phi) is 7.63. The van der Waals surface area contributed by atoms with E-state index in [4.69, 9.17) is 9.47 Å². The van der Waals surface area contributed by atoms with Crippen molar-refractivity contribution in [2.75, 3.05) is 25.6 Å². The van der Waals surface area contributed by atoms with E-state index in [2.05, 4.69) is 10.6 Å². The Labute approximate surface area is 165 Å². The molecule has 0 heterocycles. The molecule has 0 fully saturated rings. The zero-order chi connectivity index (χ0) is 20.5. The van der Waals surface area contributed by atoms with Crippen molar-refractivity contribution in [2.45, 2.75) is 20.8 Å². The van der Waals surface area contributed by atoms with Crippen LogP contribution in [0.15, 0.2) is 42.5 Å². The van der Waals surface area contributed by atoms with E-state index in [0.29, 0.717) is 36.0 Å². The van der Waals surface area contributed by atoms with E-state index in [-0.39, 0.29) is 11.8 Å². The lowest BCUT2D eigenvalue weighted by Gasteiger charge is -2.11. The minimum Gasteiger partial charge on any atom is -0.490 e. The topological polar surface area (TPSA) is 76.7 Å². The van der Waals surface area contributed by atoms with Gasteiger partial charge in [0.2, 0.25) is 5.91 Å². The number of carbonyl (C=O) groups excluding carboxylic acids is 2. The third-order valence-electron chi connectivity index (χ3n) is 3.97. The van der Waals surface area contributed by atoms with E-state index in [1.165, 1.54) is 6.08 Å². The zero-order valence-corrected chi connectivity index (χ0v) is 16.7. The van der Waals surface area contributed by atoms with Gasteiger partial charge in [-0.15, -0.1) is 0 Å². The van der Waals surface area contributed by atoms with Gasteiger partial charge in [-0.2, -0.15) is 0 Å². The number of anilines is 1. The molecule has 0 aliphatic rings. The van der Waals surface area contributed by atoms with Crippen LogP contribution in [-0.2, 0) is 4.79 Å². The van der Waals surface area contributed by atoms with Gasteiger partial charge in [0.05, 0.1) is 13.2 Å². The summed E-state index contributed by atoms with van der Waals surface area (Å²) >= 11 is 0. The van der Waals surface area contributed by atoms with Crippen molar-refractivity contribution < 1.29 is 19.1 Å². The van der Waals surface area contributed by atoms with Gasteiger partial charge in [-0.3, -0.25) is 9.59 Å². The first kappa shape index (κ1) is 21.0. The molecule has 0 radical (unpaired) electrons. The van der Waals surface area contributed by atoms with Crippen LogP contribution in [0.5, 0.6) is 11.5 Å². The largest absolute Gasteiger partial charge is 0.490 e. The predicted octanol–water partition coefficient (Wildman–Crippen LogP) is 3.80. The highest BCUT2D eigenvalue weighted by atomic mass is 16.5. The SMILES string of the molecule is CCOc1ccc(/C=C/C(=O)Nc2ccc(C(=O)NC)cc2C)cc1OCC. The van der Waals surface area contributed by atoms with Gasteiger partial charge < -0.3 is 20.1 Å². The molecule has 0 saturated heterocycles. The number of aryl methyl sites for hydroxylation is 1. The van der Waals surface area contributed by atoms with E-state index in [0.717, 1.165) is 11.1 Å². The zero-order valence-electron chi connectivity index (χ0n) is 16.7. The van der Waals surface area contributed by atoms with Crippen LogP contribution in [0.3, 0.4) is 0 Å². The minimum atomic E-state index is -0.261. The molecule has 0 spiro atoms. The normalized spacial score (nSPS) is 10.6. The summed E-state index contributed by atoms with van der Waals surface area (Å²) in [4.78, 5) is 23.9. The smallest absolute Gasteiger partial charge is 0.251 e. The molecule has 6 heteroatoms. The van der Waals surface area contributed by atoms with Crippen LogP contribution in [0, 0.1) is 6.92 Å². The minimum absolute atomic E-state index is 0.165. The van der Waals surface area contributed by atoms with Crippen molar-refractivity contribution in [2.24, 2.45) is 0 Å². The van der Waals surface area contributed by atoms with Gasteiger partial charge in [0.1, 0.15) is 0 Å². The third kappa shape index (κ3) is 5.61.